The fourth-order valence-corrected chi connectivity index (χ4v) is 2.73. The van der Waals surface area contributed by atoms with Gasteiger partial charge in [-0.05, 0) is 23.8 Å². The molecule has 1 saturated heterocycles. The van der Waals surface area contributed by atoms with Crippen LogP contribution in [0.1, 0.15) is 17.2 Å². The van der Waals surface area contributed by atoms with Crippen LogP contribution in [0.2, 0.25) is 0 Å². The molecule has 2 unspecified atom stereocenters. The number of rotatable bonds is 3. The van der Waals surface area contributed by atoms with Gasteiger partial charge in [0, 0.05) is 5.56 Å². The largest absolute Gasteiger partial charge is 0.354 e. The van der Waals surface area contributed by atoms with Gasteiger partial charge in [0.15, 0.2) is 17.5 Å². The lowest BCUT2D eigenvalue weighted by atomic mass is 9.93. The quantitative estimate of drug-likeness (QED) is 0.353. The van der Waals surface area contributed by atoms with Crippen LogP contribution in [-0.2, 0) is 10.3 Å². The number of ether oxygens (including phenoxy) is 1. The highest BCUT2D eigenvalue weighted by Gasteiger charge is 2.59. The van der Waals surface area contributed by atoms with E-state index in [9.17, 15) is 17.6 Å². The van der Waals surface area contributed by atoms with Crippen LogP contribution in [0.3, 0.4) is 0 Å². The van der Waals surface area contributed by atoms with Gasteiger partial charge < -0.3 is 4.74 Å². The van der Waals surface area contributed by atoms with Crippen molar-refractivity contribution in [3.63, 3.8) is 0 Å². The highest BCUT2D eigenvalue weighted by atomic mass is 35.5. The predicted octanol–water partition coefficient (Wildman–Crippen LogP) is 4.45. The molecule has 110 valence electrons. The van der Waals surface area contributed by atoms with E-state index in [0.717, 1.165) is 12.1 Å². The molecule has 0 aromatic heterocycles. The highest BCUT2D eigenvalue weighted by Crippen LogP contribution is 2.58. The molecule has 21 heavy (non-hydrogen) atoms. The molecule has 1 aliphatic heterocycles. The minimum atomic E-state index is -1.56. The second-order valence-electron chi connectivity index (χ2n) is 4.80. The fraction of sp³-hybridized carbons (Fsp3) is 0.200. The summed E-state index contributed by atoms with van der Waals surface area (Å²) in [5.41, 5.74) is -0.968. The standard InChI is InChI=1S/C15H9ClF4O/c16-7-15(8-5-11(18)13(20)12(19)6-8)14(21-15)9-3-1-2-4-10(9)17/h1-6,14H,7H2. The summed E-state index contributed by atoms with van der Waals surface area (Å²) in [6, 6.07) is 7.53. The van der Waals surface area contributed by atoms with E-state index < -0.39 is 35.0 Å². The number of benzene rings is 2. The molecule has 0 aliphatic carbocycles. The van der Waals surface area contributed by atoms with Crippen LogP contribution in [0.25, 0.3) is 0 Å². The van der Waals surface area contributed by atoms with Crippen molar-refractivity contribution in [3.05, 3.63) is 70.8 Å². The first-order valence-electron chi connectivity index (χ1n) is 6.13. The van der Waals surface area contributed by atoms with Crippen LogP contribution in [0.15, 0.2) is 36.4 Å². The first-order chi connectivity index (χ1) is 9.99. The summed E-state index contributed by atoms with van der Waals surface area (Å²) in [6.07, 6.45) is -0.763. The number of halogens is 5. The van der Waals surface area contributed by atoms with Crippen molar-refractivity contribution >= 4 is 11.6 Å². The van der Waals surface area contributed by atoms with Gasteiger partial charge in [-0.3, -0.25) is 0 Å². The van der Waals surface area contributed by atoms with E-state index >= 15 is 0 Å². The minimum Gasteiger partial charge on any atom is -0.354 e. The molecule has 0 N–H and O–H groups in total. The van der Waals surface area contributed by atoms with Gasteiger partial charge >= 0.3 is 0 Å². The summed E-state index contributed by atoms with van der Waals surface area (Å²) in [6.45, 7) is 0. The Labute approximate surface area is 123 Å². The van der Waals surface area contributed by atoms with Gasteiger partial charge in [0.05, 0.1) is 5.88 Å². The first kappa shape index (κ1) is 14.4. The molecule has 2 aromatic carbocycles. The summed E-state index contributed by atoms with van der Waals surface area (Å²) in [4.78, 5) is 0. The predicted molar refractivity (Wildman–Crippen MR) is 68.9 cm³/mol. The van der Waals surface area contributed by atoms with Gasteiger partial charge in [-0.25, -0.2) is 17.6 Å². The van der Waals surface area contributed by atoms with E-state index in [0.29, 0.717) is 0 Å². The lowest BCUT2D eigenvalue weighted by Gasteiger charge is -2.11. The molecule has 0 spiro atoms. The monoisotopic (exact) mass is 316 g/mol. The third-order valence-electron chi connectivity index (χ3n) is 3.55. The Morgan fingerprint density at radius 3 is 2.19 bits per heavy atom. The minimum absolute atomic E-state index is 0.0437. The third kappa shape index (κ3) is 2.21. The zero-order valence-electron chi connectivity index (χ0n) is 10.5. The van der Waals surface area contributed by atoms with Gasteiger partial charge in [-0.15, -0.1) is 11.6 Å². The van der Waals surface area contributed by atoms with E-state index in [-0.39, 0.29) is 17.0 Å². The van der Waals surface area contributed by atoms with Gasteiger partial charge in [0.2, 0.25) is 0 Å². The normalized spacial score (nSPS) is 24.1. The van der Waals surface area contributed by atoms with Crippen molar-refractivity contribution in [1.82, 2.24) is 0 Å². The maximum atomic E-state index is 13.8. The van der Waals surface area contributed by atoms with E-state index in [1.807, 2.05) is 0 Å². The van der Waals surface area contributed by atoms with Crippen LogP contribution in [0.5, 0.6) is 0 Å². The third-order valence-corrected chi connectivity index (χ3v) is 3.95. The summed E-state index contributed by atoms with van der Waals surface area (Å²) in [7, 11) is 0. The van der Waals surface area contributed by atoms with Crippen molar-refractivity contribution in [1.29, 1.82) is 0 Å². The second-order valence-corrected chi connectivity index (χ2v) is 5.06. The van der Waals surface area contributed by atoms with E-state index in [2.05, 4.69) is 0 Å². The average molecular weight is 317 g/mol. The van der Waals surface area contributed by atoms with Crippen LogP contribution in [0.4, 0.5) is 17.6 Å². The Morgan fingerprint density at radius 1 is 1.00 bits per heavy atom. The molecule has 2 atom stereocenters. The molecule has 0 amide bonds. The molecular formula is C15H9ClF4O. The molecule has 1 nitrogen and oxygen atoms in total. The zero-order chi connectivity index (χ0) is 15.2. The van der Waals surface area contributed by atoms with Crippen LogP contribution < -0.4 is 0 Å². The molecule has 3 rings (SSSR count). The Balaban J connectivity index is 2.03. The van der Waals surface area contributed by atoms with Gasteiger partial charge in [-0.2, -0.15) is 0 Å². The second kappa shape index (κ2) is 5.00. The van der Waals surface area contributed by atoms with Crippen molar-refractivity contribution in [2.24, 2.45) is 0 Å². The summed E-state index contributed by atoms with van der Waals surface area (Å²) < 4.78 is 58.9. The van der Waals surface area contributed by atoms with E-state index in [4.69, 9.17) is 16.3 Å². The van der Waals surface area contributed by atoms with Crippen LogP contribution in [-0.4, -0.2) is 5.88 Å². The SMILES string of the molecule is Fc1ccccc1C1OC1(CCl)c1cc(F)c(F)c(F)c1. The Hall–Kier alpha value is -1.59. The van der Waals surface area contributed by atoms with Crippen LogP contribution >= 0.6 is 11.6 Å². The summed E-state index contributed by atoms with van der Waals surface area (Å²) >= 11 is 5.85. The molecular weight excluding hydrogens is 308 g/mol. The Kier molecular flexibility index (Phi) is 3.42. The number of hydrogen-bond donors (Lipinski definition) is 0. The smallest absolute Gasteiger partial charge is 0.194 e. The molecule has 0 bridgehead atoms. The average Bonchev–Trinajstić information content (AvgIpc) is 3.20. The molecule has 1 fully saturated rings. The lowest BCUT2D eigenvalue weighted by Crippen LogP contribution is -2.14. The number of epoxide rings is 1. The first-order valence-corrected chi connectivity index (χ1v) is 6.66. The molecule has 1 aliphatic rings. The maximum absolute atomic E-state index is 13.8. The van der Waals surface area contributed by atoms with Gasteiger partial charge in [0.25, 0.3) is 0 Å². The van der Waals surface area contributed by atoms with Crippen molar-refractivity contribution in [2.75, 3.05) is 5.88 Å². The maximum Gasteiger partial charge on any atom is 0.194 e. The summed E-state index contributed by atoms with van der Waals surface area (Å²) in [5, 5.41) is 0. The molecule has 1 heterocycles. The molecule has 0 radical (unpaired) electrons. The summed E-state index contributed by atoms with van der Waals surface area (Å²) in [5.74, 6) is -4.88. The van der Waals surface area contributed by atoms with Crippen molar-refractivity contribution < 1.29 is 22.3 Å². The van der Waals surface area contributed by atoms with Gasteiger partial charge in [-0.1, -0.05) is 18.2 Å². The van der Waals surface area contributed by atoms with Crippen molar-refractivity contribution in [3.8, 4) is 0 Å². The van der Waals surface area contributed by atoms with Gasteiger partial charge in [0.1, 0.15) is 17.5 Å². The highest BCUT2D eigenvalue weighted by molar-refractivity contribution is 6.18. The molecule has 6 heteroatoms. The Bertz CT molecular complexity index is 683. The molecule has 2 aromatic rings. The van der Waals surface area contributed by atoms with Crippen molar-refractivity contribution in [2.45, 2.75) is 11.7 Å². The van der Waals surface area contributed by atoms with E-state index in [1.165, 1.54) is 18.2 Å². The Morgan fingerprint density at radius 2 is 1.62 bits per heavy atom. The topological polar surface area (TPSA) is 12.5 Å². The van der Waals surface area contributed by atoms with E-state index in [1.54, 1.807) is 6.07 Å². The number of alkyl halides is 1. The zero-order valence-corrected chi connectivity index (χ0v) is 11.3. The molecule has 0 saturated carbocycles. The van der Waals surface area contributed by atoms with Crippen LogP contribution in [0, 0.1) is 23.3 Å². The fourth-order valence-electron chi connectivity index (χ4n) is 2.38. The number of hydrogen-bond acceptors (Lipinski definition) is 1. The lowest BCUT2D eigenvalue weighted by molar-refractivity contribution is 0.312.